The zero-order chi connectivity index (χ0) is 13.7. The lowest BCUT2D eigenvalue weighted by Crippen LogP contribution is -2.27. The smallest absolute Gasteiger partial charge is 0.228 e. The fraction of sp³-hybridized carbons (Fsp3) is 0.235. The van der Waals surface area contributed by atoms with Gasteiger partial charge in [0, 0.05) is 24.7 Å². The van der Waals surface area contributed by atoms with Crippen molar-refractivity contribution in [3.63, 3.8) is 0 Å². The van der Waals surface area contributed by atoms with Gasteiger partial charge in [-0.2, -0.15) is 0 Å². The summed E-state index contributed by atoms with van der Waals surface area (Å²) in [6, 6.07) is 14.8. The monoisotopic (exact) mass is 264 g/mol. The van der Waals surface area contributed by atoms with Crippen LogP contribution in [0.5, 0.6) is 0 Å². The first kappa shape index (κ1) is 11.7. The molecule has 0 aromatic heterocycles. The van der Waals surface area contributed by atoms with E-state index < -0.39 is 0 Å². The standard InChI is InChI=1S/C17H16N2O/c18-13-9-17(20)19(10-13)14-5-6-16-12(8-14)7-11-3-1-2-4-15(11)16/h1-6,8,13H,7,9-10,18H2. The van der Waals surface area contributed by atoms with Crippen LogP contribution in [0.3, 0.4) is 0 Å². The molecular formula is C17H16N2O. The number of benzene rings is 2. The van der Waals surface area contributed by atoms with Gasteiger partial charge in [0.2, 0.25) is 5.91 Å². The normalized spacial score (nSPS) is 20.1. The third-order valence-electron chi connectivity index (χ3n) is 4.24. The summed E-state index contributed by atoms with van der Waals surface area (Å²) in [5.41, 5.74) is 12.1. The molecule has 20 heavy (non-hydrogen) atoms. The van der Waals surface area contributed by atoms with E-state index in [9.17, 15) is 4.79 Å². The summed E-state index contributed by atoms with van der Waals surface area (Å²) in [5, 5.41) is 0. The van der Waals surface area contributed by atoms with Crippen molar-refractivity contribution >= 4 is 11.6 Å². The Kier molecular flexibility index (Phi) is 2.44. The molecule has 1 aliphatic carbocycles. The number of anilines is 1. The van der Waals surface area contributed by atoms with Gasteiger partial charge >= 0.3 is 0 Å². The van der Waals surface area contributed by atoms with E-state index >= 15 is 0 Å². The molecular weight excluding hydrogens is 248 g/mol. The molecule has 2 aliphatic rings. The summed E-state index contributed by atoms with van der Waals surface area (Å²) in [5.74, 6) is 0.132. The second-order valence-corrected chi connectivity index (χ2v) is 5.64. The second-order valence-electron chi connectivity index (χ2n) is 5.64. The quantitative estimate of drug-likeness (QED) is 0.733. The minimum absolute atomic E-state index is 0.0343. The van der Waals surface area contributed by atoms with Crippen molar-refractivity contribution in [1.29, 1.82) is 0 Å². The van der Waals surface area contributed by atoms with E-state index in [4.69, 9.17) is 5.73 Å². The molecule has 2 aromatic rings. The van der Waals surface area contributed by atoms with Crippen LogP contribution in [0.2, 0.25) is 0 Å². The molecule has 1 aliphatic heterocycles. The van der Waals surface area contributed by atoms with Gasteiger partial charge in [-0.05, 0) is 40.8 Å². The average molecular weight is 264 g/mol. The first-order chi connectivity index (χ1) is 9.72. The number of amides is 1. The van der Waals surface area contributed by atoms with Crippen LogP contribution >= 0.6 is 0 Å². The Morgan fingerprint density at radius 1 is 1.05 bits per heavy atom. The zero-order valence-electron chi connectivity index (χ0n) is 11.2. The Morgan fingerprint density at radius 3 is 2.65 bits per heavy atom. The predicted molar refractivity (Wildman–Crippen MR) is 79.6 cm³/mol. The number of nitrogens with two attached hydrogens (primary N) is 1. The maximum atomic E-state index is 11.9. The Morgan fingerprint density at radius 2 is 1.85 bits per heavy atom. The van der Waals surface area contributed by atoms with Crippen LogP contribution in [0.1, 0.15) is 17.5 Å². The van der Waals surface area contributed by atoms with Gasteiger partial charge in [-0.1, -0.05) is 30.3 Å². The van der Waals surface area contributed by atoms with E-state index in [1.54, 1.807) is 0 Å². The van der Waals surface area contributed by atoms with Crippen molar-refractivity contribution in [2.75, 3.05) is 11.4 Å². The van der Waals surface area contributed by atoms with Crippen LogP contribution in [-0.2, 0) is 11.2 Å². The van der Waals surface area contributed by atoms with Gasteiger partial charge in [0.1, 0.15) is 0 Å². The van der Waals surface area contributed by atoms with Crippen molar-refractivity contribution in [3.05, 3.63) is 53.6 Å². The number of hydrogen-bond acceptors (Lipinski definition) is 2. The third kappa shape index (κ3) is 1.67. The molecule has 1 saturated heterocycles. The van der Waals surface area contributed by atoms with Gasteiger partial charge in [-0.25, -0.2) is 0 Å². The first-order valence-corrected chi connectivity index (χ1v) is 6.99. The lowest BCUT2D eigenvalue weighted by molar-refractivity contribution is -0.117. The Labute approximate surface area is 118 Å². The topological polar surface area (TPSA) is 46.3 Å². The lowest BCUT2D eigenvalue weighted by atomic mass is 10.1. The number of hydrogen-bond donors (Lipinski definition) is 1. The Hall–Kier alpha value is -2.13. The minimum atomic E-state index is -0.0343. The maximum Gasteiger partial charge on any atom is 0.228 e. The van der Waals surface area contributed by atoms with Gasteiger partial charge in [-0.15, -0.1) is 0 Å². The number of fused-ring (bicyclic) bond motifs is 3. The SMILES string of the molecule is NC1CC(=O)N(c2ccc3c(c2)Cc2ccccc2-3)C1. The molecule has 3 nitrogen and oxygen atoms in total. The average Bonchev–Trinajstić information content (AvgIpc) is 2.97. The van der Waals surface area contributed by atoms with Crippen molar-refractivity contribution < 1.29 is 4.79 Å². The van der Waals surface area contributed by atoms with Gasteiger partial charge in [0.25, 0.3) is 0 Å². The highest BCUT2D eigenvalue weighted by Crippen LogP contribution is 2.38. The second kappa shape index (κ2) is 4.18. The van der Waals surface area contributed by atoms with Crippen LogP contribution in [0, 0.1) is 0 Å². The summed E-state index contributed by atoms with van der Waals surface area (Å²) in [6.45, 7) is 0.630. The van der Waals surface area contributed by atoms with Gasteiger partial charge in [-0.3, -0.25) is 4.79 Å². The van der Waals surface area contributed by atoms with E-state index in [0.29, 0.717) is 13.0 Å². The zero-order valence-corrected chi connectivity index (χ0v) is 11.2. The van der Waals surface area contributed by atoms with Crippen molar-refractivity contribution in [1.82, 2.24) is 0 Å². The highest BCUT2D eigenvalue weighted by molar-refractivity contribution is 5.97. The molecule has 1 fully saturated rings. The number of carbonyl (C=O) groups excluding carboxylic acids is 1. The summed E-state index contributed by atoms with van der Waals surface area (Å²) >= 11 is 0. The van der Waals surface area contributed by atoms with Crippen LogP contribution in [0.25, 0.3) is 11.1 Å². The third-order valence-corrected chi connectivity index (χ3v) is 4.24. The number of carbonyl (C=O) groups is 1. The molecule has 0 radical (unpaired) electrons. The Bertz CT molecular complexity index is 708. The highest BCUT2D eigenvalue weighted by Gasteiger charge is 2.29. The summed E-state index contributed by atoms with van der Waals surface area (Å²) in [6.07, 6.45) is 1.41. The highest BCUT2D eigenvalue weighted by atomic mass is 16.2. The number of nitrogens with zero attached hydrogens (tertiary/aromatic N) is 1. The van der Waals surface area contributed by atoms with Crippen LogP contribution in [0.4, 0.5) is 5.69 Å². The predicted octanol–water partition coefficient (Wildman–Crippen LogP) is 2.32. The first-order valence-electron chi connectivity index (χ1n) is 6.99. The van der Waals surface area contributed by atoms with Gasteiger partial charge in [0.05, 0.1) is 0 Å². The molecule has 3 heteroatoms. The molecule has 1 atom stereocenters. The van der Waals surface area contributed by atoms with Crippen molar-refractivity contribution in [2.45, 2.75) is 18.9 Å². The molecule has 0 bridgehead atoms. The number of rotatable bonds is 1. The minimum Gasteiger partial charge on any atom is -0.326 e. The van der Waals surface area contributed by atoms with Crippen LogP contribution in [0.15, 0.2) is 42.5 Å². The largest absolute Gasteiger partial charge is 0.326 e. The molecule has 0 spiro atoms. The van der Waals surface area contributed by atoms with E-state index in [1.807, 2.05) is 11.0 Å². The summed E-state index contributed by atoms with van der Waals surface area (Å²) in [7, 11) is 0. The molecule has 1 amide bonds. The molecule has 2 aromatic carbocycles. The van der Waals surface area contributed by atoms with Crippen molar-refractivity contribution in [2.24, 2.45) is 5.73 Å². The summed E-state index contributed by atoms with van der Waals surface area (Å²) < 4.78 is 0. The van der Waals surface area contributed by atoms with Crippen LogP contribution in [-0.4, -0.2) is 18.5 Å². The van der Waals surface area contributed by atoms with E-state index in [0.717, 1.165) is 12.1 Å². The van der Waals surface area contributed by atoms with E-state index in [1.165, 1.54) is 22.3 Å². The molecule has 2 N–H and O–H groups in total. The fourth-order valence-electron chi connectivity index (χ4n) is 3.28. The molecule has 1 heterocycles. The molecule has 4 rings (SSSR count). The lowest BCUT2D eigenvalue weighted by Gasteiger charge is -2.17. The van der Waals surface area contributed by atoms with Gasteiger partial charge in [0.15, 0.2) is 0 Å². The van der Waals surface area contributed by atoms with E-state index in [2.05, 4.69) is 36.4 Å². The Balaban J connectivity index is 1.74. The van der Waals surface area contributed by atoms with E-state index in [-0.39, 0.29) is 11.9 Å². The molecule has 100 valence electrons. The van der Waals surface area contributed by atoms with Crippen molar-refractivity contribution in [3.8, 4) is 11.1 Å². The summed E-state index contributed by atoms with van der Waals surface area (Å²) in [4.78, 5) is 13.8. The van der Waals surface area contributed by atoms with Gasteiger partial charge < -0.3 is 10.6 Å². The van der Waals surface area contributed by atoms with Crippen LogP contribution < -0.4 is 10.6 Å². The fourth-order valence-corrected chi connectivity index (χ4v) is 3.28. The maximum absolute atomic E-state index is 11.9. The molecule has 0 saturated carbocycles. The molecule has 1 unspecified atom stereocenters.